The lowest BCUT2D eigenvalue weighted by atomic mass is 10.1. The standard InChI is InChI=1S/C16H18ClN5O2/c1-24-15(23)11-5-6-12(17)13(9-11)19-14-10-18-21-16(20-14)22-7-3-2-4-8-22/h5-6,9-10H,2-4,7-8H2,1H3,(H,19,20,21). The average Bonchev–Trinajstić information content (AvgIpc) is 2.64. The summed E-state index contributed by atoms with van der Waals surface area (Å²) in [5.41, 5.74) is 0.965. The highest BCUT2D eigenvalue weighted by molar-refractivity contribution is 6.33. The third kappa shape index (κ3) is 3.73. The number of nitrogens with one attached hydrogen (secondary N) is 1. The summed E-state index contributed by atoms with van der Waals surface area (Å²) in [5.74, 6) is 0.693. The van der Waals surface area contributed by atoms with E-state index in [-0.39, 0.29) is 0 Å². The largest absolute Gasteiger partial charge is 0.465 e. The summed E-state index contributed by atoms with van der Waals surface area (Å²) >= 11 is 6.19. The lowest BCUT2D eigenvalue weighted by molar-refractivity contribution is 0.0601. The fourth-order valence-electron chi connectivity index (χ4n) is 2.59. The number of ether oxygens (including phenoxy) is 1. The number of aromatic nitrogens is 3. The molecule has 2 aromatic rings. The van der Waals surface area contributed by atoms with Crippen molar-refractivity contribution in [3.63, 3.8) is 0 Å². The van der Waals surface area contributed by atoms with Crippen LogP contribution >= 0.6 is 11.6 Å². The van der Waals surface area contributed by atoms with Crippen LogP contribution in [0.3, 0.4) is 0 Å². The van der Waals surface area contributed by atoms with Gasteiger partial charge in [-0.05, 0) is 37.5 Å². The van der Waals surface area contributed by atoms with Gasteiger partial charge in [0, 0.05) is 13.1 Å². The van der Waals surface area contributed by atoms with Crippen LogP contribution in [-0.2, 0) is 4.74 Å². The van der Waals surface area contributed by atoms with Crippen LogP contribution in [0.15, 0.2) is 24.4 Å². The molecule has 0 spiro atoms. The first-order chi connectivity index (χ1) is 11.7. The summed E-state index contributed by atoms with van der Waals surface area (Å²) in [7, 11) is 1.34. The molecule has 2 heterocycles. The van der Waals surface area contributed by atoms with Gasteiger partial charge in [-0.3, -0.25) is 0 Å². The van der Waals surface area contributed by atoms with Crippen LogP contribution in [0.25, 0.3) is 0 Å². The van der Waals surface area contributed by atoms with E-state index in [1.165, 1.54) is 19.7 Å². The number of hydrogen-bond donors (Lipinski definition) is 1. The summed E-state index contributed by atoms with van der Waals surface area (Å²) in [5, 5.41) is 11.7. The van der Waals surface area contributed by atoms with Gasteiger partial charge in [0.05, 0.1) is 29.6 Å². The maximum absolute atomic E-state index is 11.7. The molecule has 1 aliphatic rings. The third-order valence-corrected chi connectivity index (χ3v) is 4.17. The molecule has 0 bridgehead atoms. The van der Waals surface area contributed by atoms with E-state index in [2.05, 4.69) is 25.4 Å². The Kier molecular flexibility index (Phi) is 5.10. The lowest BCUT2D eigenvalue weighted by Crippen LogP contribution is -2.31. The number of piperidine rings is 1. The molecule has 0 aliphatic carbocycles. The normalized spacial score (nSPS) is 14.3. The number of hydrogen-bond acceptors (Lipinski definition) is 7. The Morgan fingerprint density at radius 3 is 2.83 bits per heavy atom. The predicted octanol–water partition coefficient (Wildman–Crippen LogP) is 3.05. The number of methoxy groups -OCH3 is 1. The third-order valence-electron chi connectivity index (χ3n) is 3.84. The van der Waals surface area contributed by atoms with Crippen LogP contribution < -0.4 is 10.2 Å². The second kappa shape index (κ2) is 7.44. The van der Waals surface area contributed by atoms with Gasteiger partial charge in [0.1, 0.15) is 0 Å². The first-order valence-corrected chi connectivity index (χ1v) is 8.15. The molecule has 0 atom stereocenters. The highest BCUT2D eigenvalue weighted by atomic mass is 35.5. The lowest BCUT2D eigenvalue weighted by Gasteiger charge is -2.26. The van der Waals surface area contributed by atoms with E-state index >= 15 is 0 Å². The van der Waals surface area contributed by atoms with Gasteiger partial charge < -0.3 is 15.0 Å². The van der Waals surface area contributed by atoms with Crippen molar-refractivity contribution in [1.82, 2.24) is 15.2 Å². The summed E-state index contributed by atoms with van der Waals surface area (Å²) in [6, 6.07) is 4.86. The fourth-order valence-corrected chi connectivity index (χ4v) is 2.75. The van der Waals surface area contributed by atoms with Crippen LogP contribution in [0.5, 0.6) is 0 Å². The maximum atomic E-state index is 11.7. The van der Waals surface area contributed by atoms with Crippen LogP contribution in [0.1, 0.15) is 29.6 Å². The number of esters is 1. The number of rotatable bonds is 4. The number of benzene rings is 1. The smallest absolute Gasteiger partial charge is 0.337 e. The molecule has 1 saturated heterocycles. The summed E-state index contributed by atoms with van der Waals surface area (Å²) < 4.78 is 4.73. The molecule has 1 fully saturated rings. The van der Waals surface area contributed by atoms with Crippen molar-refractivity contribution in [3.8, 4) is 0 Å². The van der Waals surface area contributed by atoms with Gasteiger partial charge in [-0.1, -0.05) is 11.6 Å². The van der Waals surface area contributed by atoms with Crippen LogP contribution in [0.2, 0.25) is 5.02 Å². The highest BCUT2D eigenvalue weighted by Gasteiger charge is 2.15. The minimum Gasteiger partial charge on any atom is -0.465 e. The Balaban J connectivity index is 1.82. The van der Waals surface area contributed by atoms with Gasteiger partial charge in [0.25, 0.3) is 0 Å². The molecule has 3 rings (SSSR count). The molecule has 8 heteroatoms. The summed E-state index contributed by atoms with van der Waals surface area (Å²) in [6.07, 6.45) is 5.02. The summed E-state index contributed by atoms with van der Waals surface area (Å²) in [6.45, 7) is 1.87. The van der Waals surface area contributed by atoms with E-state index in [0.717, 1.165) is 25.9 Å². The van der Waals surface area contributed by atoms with Crippen LogP contribution in [0, 0.1) is 0 Å². The number of anilines is 3. The monoisotopic (exact) mass is 347 g/mol. The van der Waals surface area contributed by atoms with Crippen molar-refractivity contribution >= 4 is 35.0 Å². The molecule has 7 nitrogen and oxygen atoms in total. The maximum Gasteiger partial charge on any atom is 0.337 e. The Bertz CT molecular complexity index is 734. The predicted molar refractivity (Wildman–Crippen MR) is 92.0 cm³/mol. The van der Waals surface area contributed by atoms with Gasteiger partial charge in [0.2, 0.25) is 5.95 Å². The molecule has 1 aromatic heterocycles. The van der Waals surface area contributed by atoms with E-state index in [1.807, 2.05) is 0 Å². The zero-order valence-corrected chi connectivity index (χ0v) is 14.1. The van der Waals surface area contributed by atoms with Crippen LogP contribution in [0.4, 0.5) is 17.5 Å². The van der Waals surface area contributed by atoms with Crippen molar-refractivity contribution < 1.29 is 9.53 Å². The summed E-state index contributed by atoms with van der Waals surface area (Å²) in [4.78, 5) is 18.3. The topological polar surface area (TPSA) is 80.2 Å². The Labute approximate surface area is 145 Å². The van der Waals surface area contributed by atoms with Crippen molar-refractivity contribution in [2.45, 2.75) is 19.3 Å². The number of halogens is 1. The second-order valence-electron chi connectivity index (χ2n) is 5.50. The average molecular weight is 348 g/mol. The fraction of sp³-hybridized carbons (Fsp3) is 0.375. The Morgan fingerprint density at radius 2 is 2.08 bits per heavy atom. The van der Waals surface area contributed by atoms with Crippen molar-refractivity contribution in [2.24, 2.45) is 0 Å². The molecular formula is C16H18ClN5O2. The second-order valence-corrected chi connectivity index (χ2v) is 5.91. The molecule has 1 aliphatic heterocycles. The minimum absolute atomic E-state index is 0.405. The van der Waals surface area contributed by atoms with E-state index in [1.54, 1.807) is 18.2 Å². The van der Waals surface area contributed by atoms with Crippen molar-refractivity contribution in [2.75, 3.05) is 30.4 Å². The van der Waals surface area contributed by atoms with E-state index in [9.17, 15) is 4.79 Å². The van der Waals surface area contributed by atoms with E-state index in [4.69, 9.17) is 16.3 Å². The number of nitrogens with zero attached hydrogens (tertiary/aromatic N) is 4. The molecule has 0 unspecified atom stereocenters. The quantitative estimate of drug-likeness (QED) is 0.851. The van der Waals surface area contributed by atoms with Crippen LogP contribution in [-0.4, -0.2) is 41.3 Å². The van der Waals surface area contributed by atoms with Gasteiger partial charge in [-0.25, -0.2) is 4.79 Å². The SMILES string of the molecule is COC(=O)c1ccc(Cl)c(Nc2cnnc(N3CCCCC3)n2)c1. The molecule has 1 N–H and O–H groups in total. The molecule has 126 valence electrons. The van der Waals surface area contributed by atoms with E-state index < -0.39 is 5.97 Å². The van der Waals surface area contributed by atoms with Gasteiger partial charge in [-0.15, -0.1) is 5.10 Å². The molecule has 0 saturated carbocycles. The zero-order chi connectivity index (χ0) is 16.9. The Morgan fingerprint density at radius 1 is 1.29 bits per heavy atom. The van der Waals surface area contributed by atoms with Gasteiger partial charge >= 0.3 is 5.97 Å². The first-order valence-electron chi connectivity index (χ1n) is 7.77. The highest BCUT2D eigenvalue weighted by Crippen LogP contribution is 2.26. The molecule has 1 aromatic carbocycles. The van der Waals surface area contributed by atoms with Crippen molar-refractivity contribution in [1.29, 1.82) is 0 Å². The van der Waals surface area contributed by atoms with E-state index in [0.29, 0.717) is 28.0 Å². The zero-order valence-electron chi connectivity index (χ0n) is 13.3. The molecule has 0 amide bonds. The molecule has 24 heavy (non-hydrogen) atoms. The molecular weight excluding hydrogens is 330 g/mol. The minimum atomic E-state index is -0.426. The molecule has 0 radical (unpaired) electrons. The van der Waals surface area contributed by atoms with Gasteiger partial charge in [0.15, 0.2) is 5.82 Å². The Hall–Kier alpha value is -2.41. The first kappa shape index (κ1) is 16.4. The number of carbonyl (C=O) groups is 1. The van der Waals surface area contributed by atoms with Gasteiger partial charge in [-0.2, -0.15) is 10.1 Å². The number of carbonyl (C=O) groups excluding carboxylic acids is 1. The van der Waals surface area contributed by atoms with Crippen molar-refractivity contribution in [3.05, 3.63) is 35.0 Å².